The van der Waals surface area contributed by atoms with Crippen LogP contribution in [0.15, 0.2) is 12.1 Å². The van der Waals surface area contributed by atoms with E-state index in [1.54, 1.807) is 4.90 Å². The molecule has 2 aliphatic heterocycles. The van der Waals surface area contributed by atoms with Crippen molar-refractivity contribution in [3.63, 3.8) is 0 Å². The predicted octanol–water partition coefficient (Wildman–Crippen LogP) is 1.47. The van der Waals surface area contributed by atoms with E-state index < -0.39 is 5.97 Å². The molecule has 0 aromatic carbocycles. The Labute approximate surface area is 160 Å². The van der Waals surface area contributed by atoms with Crippen LogP contribution in [0.5, 0.6) is 0 Å². The third-order valence-electron chi connectivity index (χ3n) is 4.50. The first kappa shape index (κ1) is 21.0. The lowest BCUT2D eigenvalue weighted by molar-refractivity contribution is -0.139. The van der Waals surface area contributed by atoms with Gasteiger partial charge in [-0.3, -0.25) is 9.69 Å². The van der Waals surface area contributed by atoms with Crippen molar-refractivity contribution in [2.75, 3.05) is 38.0 Å². The van der Waals surface area contributed by atoms with E-state index in [0.29, 0.717) is 19.6 Å². The van der Waals surface area contributed by atoms with Crippen LogP contribution in [-0.2, 0) is 17.6 Å². The average Bonchev–Trinajstić information content (AvgIpc) is 2.64. The molecule has 27 heavy (non-hydrogen) atoms. The van der Waals surface area contributed by atoms with Gasteiger partial charge in [-0.05, 0) is 37.3 Å². The molecule has 3 heterocycles. The molecule has 0 spiro atoms. The molecule has 4 N–H and O–H groups in total. The number of hydrogen-bond acceptors (Lipinski definition) is 5. The number of rotatable bonds is 7. The number of carboxylic acid groups (broad SMARTS) is 1. The molecule has 0 radical (unpaired) electrons. The quantitative estimate of drug-likeness (QED) is 0.536. The molecule has 0 atom stereocenters. The summed E-state index contributed by atoms with van der Waals surface area (Å²) >= 11 is 0. The lowest BCUT2D eigenvalue weighted by Gasteiger charge is -2.38. The number of fused-ring (bicyclic) bond motifs is 1. The van der Waals surface area contributed by atoms with E-state index in [1.807, 2.05) is 13.8 Å². The van der Waals surface area contributed by atoms with Gasteiger partial charge in [0.2, 0.25) is 0 Å². The SMILES string of the molecule is CC.O=C(O)CN1CC(NC(=O)NCCCc2ccc3c(n2)NCCC3)C1. The third-order valence-corrected chi connectivity index (χ3v) is 4.50. The topological polar surface area (TPSA) is 107 Å². The molecule has 0 unspecified atom stereocenters. The van der Waals surface area contributed by atoms with Crippen molar-refractivity contribution in [1.29, 1.82) is 0 Å². The summed E-state index contributed by atoms with van der Waals surface area (Å²) in [6.45, 7) is 6.78. The van der Waals surface area contributed by atoms with Crippen LogP contribution in [0, 0.1) is 0 Å². The summed E-state index contributed by atoms with van der Waals surface area (Å²) in [5, 5.41) is 17.7. The molecule has 8 nitrogen and oxygen atoms in total. The number of likely N-dealkylation sites (tertiary alicyclic amines) is 1. The normalized spacial score (nSPS) is 16.1. The van der Waals surface area contributed by atoms with Crippen LogP contribution in [0.2, 0.25) is 0 Å². The van der Waals surface area contributed by atoms with Gasteiger partial charge in [-0.15, -0.1) is 0 Å². The number of anilines is 1. The number of carbonyl (C=O) groups excluding carboxylic acids is 1. The van der Waals surface area contributed by atoms with E-state index in [-0.39, 0.29) is 18.6 Å². The zero-order valence-corrected chi connectivity index (χ0v) is 16.3. The van der Waals surface area contributed by atoms with Crippen LogP contribution < -0.4 is 16.0 Å². The van der Waals surface area contributed by atoms with Gasteiger partial charge in [-0.25, -0.2) is 9.78 Å². The van der Waals surface area contributed by atoms with Crippen molar-refractivity contribution >= 4 is 17.8 Å². The second kappa shape index (κ2) is 10.7. The van der Waals surface area contributed by atoms with Gasteiger partial charge >= 0.3 is 12.0 Å². The Kier molecular flexibility index (Phi) is 8.32. The number of urea groups is 1. The number of pyridine rings is 1. The first-order valence-electron chi connectivity index (χ1n) is 9.81. The van der Waals surface area contributed by atoms with E-state index in [4.69, 9.17) is 5.11 Å². The minimum Gasteiger partial charge on any atom is -0.480 e. The lowest BCUT2D eigenvalue weighted by atomic mass is 10.1. The van der Waals surface area contributed by atoms with Crippen molar-refractivity contribution in [2.45, 2.75) is 45.6 Å². The Morgan fingerprint density at radius 3 is 2.85 bits per heavy atom. The van der Waals surface area contributed by atoms with E-state index in [0.717, 1.165) is 43.7 Å². The van der Waals surface area contributed by atoms with Gasteiger partial charge in [0.05, 0.1) is 12.6 Å². The number of aryl methyl sites for hydroxylation is 2. The zero-order valence-electron chi connectivity index (χ0n) is 16.3. The molecule has 3 rings (SSSR count). The number of carboxylic acids is 1. The van der Waals surface area contributed by atoms with Crippen molar-refractivity contribution in [3.05, 3.63) is 23.4 Å². The van der Waals surface area contributed by atoms with E-state index in [2.05, 4.69) is 33.1 Å². The summed E-state index contributed by atoms with van der Waals surface area (Å²) in [4.78, 5) is 28.8. The fourth-order valence-electron chi connectivity index (χ4n) is 3.20. The van der Waals surface area contributed by atoms with Gasteiger partial charge < -0.3 is 21.1 Å². The summed E-state index contributed by atoms with van der Waals surface area (Å²) in [6, 6.07) is 4.05. The van der Waals surface area contributed by atoms with Crippen LogP contribution in [-0.4, -0.2) is 65.8 Å². The molecule has 1 aromatic heterocycles. The molecule has 2 amide bonds. The van der Waals surface area contributed by atoms with Crippen LogP contribution in [0.1, 0.15) is 37.9 Å². The maximum Gasteiger partial charge on any atom is 0.317 e. The third kappa shape index (κ3) is 6.71. The highest BCUT2D eigenvalue weighted by Gasteiger charge is 2.28. The van der Waals surface area contributed by atoms with Gasteiger partial charge in [-0.2, -0.15) is 0 Å². The zero-order chi connectivity index (χ0) is 19.6. The summed E-state index contributed by atoms with van der Waals surface area (Å²) < 4.78 is 0. The van der Waals surface area contributed by atoms with Crippen LogP contribution in [0.25, 0.3) is 0 Å². The highest BCUT2D eigenvalue weighted by atomic mass is 16.4. The Morgan fingerprint density at radius 2 is 2.11 bits per heavy atom. The van der Waals surface area contributed by atoms with Crippen molar-refractivity contribution in [3.8, 4) is 0 Å². The number of aromatic nitrogens is 1. The second-order valence-electron chi connectivity index (χ2n) is 6.63. The van der Waals surface area contributed by atoms with Crippen LogP contribution in [0.3, 0.4) is 0 Å². The molecular weight excluding hydrogens is 346 g/mol. The molecule has 1 saturated heterocycles. The van der Waals surface area contributed by atoms with Crippen molar-refractivity contribution < 1.29 is 14.7 Å². The van der Waals surface area contributed by atoms with Crippen LogP contribution in [0.4, 0.5) is 10.6 Å². The highest BCUT2D eigenvalue weighted by molar-refractivity contribution is 5.74. The molecule has 150 valence electrons. The van der Waals surface area contributed by atoms with Gasteiger partial charge in [-0.1, -0.05) is 19.9 Å². The minimum absolute atomic E-state index is 0.0302. The molecule has 0 aliphatic carbocycles. The van der Waals surface area contributed by atoms with E-state index >= 15 is 0 Å². The molecule has 2 aliphatic rings. The fraction of sp³-hybridized carbons (Fsp3) is 0.632. The smallest absolute Gasteiger partial charge is 0.317 e. The van der Waals surface area contributed by atoms with Gasteiger partial charge in [0.1, 0.15) is 5.82 Å². The second-order valence-corrected chi connectivity index (χ2v) is 6.63. The minimum atomic E-state index is -0.839. The number of amides is 2. The lowest BCUT2D eigenvalue weighted by Crippen LogP contribution is -2.61. The molecule has 8 heteroatoms. The van der Waals surface area contributed by atoms with Gasteiger partial charge in [0.25, 0.3) is 0 Å². The number of nitrogens with zero attached hydrogens (tertiary/aromatic N) is 2. The molecule has 0 saturated carbocycles. The first-order valence-corrected chi connectivity index (χ1v) is 9.81. The average molecular weight is 377 g/mol. The summed E-state index contributed by atoms with van der Waals surface area (Å²) in [5.74, 6) is 0.166. The molecular formula is C19H31N5O3. The first-order chi connectivity index (χ1) is 13.1. The molecule has 1 fully saturated rings. The molecule has 1 aromatic rings. The van der Waals surface area contributed by atoms with Gasteiger partial charge in [0, 0.05) is 31.9 Å². The van der Waals surface area contributed by atoms with Gasteiger partial charge in [0.15, 0.2) is 0 Å². The highest BCUT2D eigenvalue weighted by Crippen LogP contribution is 2.19. The standard InChI is InChI=1S/C17H25N5O3.C2H6/c23-15(24)11-22-9-14(10-22)21-17(25)19-8-2-4-13-6-5-12-3-1-7-18-16(12)20-13;1-2/h5-6,14H,1-4,7-11H2,(H,18,20)(H,23,24)(H2,19,21,25);1-2H3. The predicted molar refractivity (Wildman–Crippen MR) is 105 cm³/mol. The Hall–Kier alpha value is -2.35. The summed E-state index contributed by atoms with van der Waals surface area (Å²) in [6.07, 6.45) is 3.89. The molecule has 0 bridgehead atoms. The number of aliphatic carboxylic acids is 1. The summed E-state index contributed by atoms with van der Waals surface area (Å²) in [7, 11) is 0. The Morgan fingerprint density at radius 1 is 1.33 bits per heavy atom. The number of nitrogens with one attached hydrogen (secondary N) is 3. The Bertz CT molecular complexity index is 632. The summed E-state index contributed by atoms with van der Waals surface area (Å²) in [5.41, 5.74) is 2.32. The maximum absolute atomic E-state index is 11.8. The Balaban J connectivity index is 0.00000126. The van der Waals surface area contributed by atoms with E-state index in [1.165, 1.54) is 5.56 Å². The number of carbonyl (C=O) groups is 2. The monoisotopic (exact) mass is 377 g/mol. The van der Waals surface area contributed by atoms with E-state index in [9.17, 15) is 9.59 Å². The van der Waals surface area contributed by atoms with Crippen molar-refractivity contribution in [2.24, 2.45) is 0 Å². The number of hydrogen-bond donors (Lipinski definition) is 4. The maximum atomic E-state index is 11.8. The fourth-order valence-corrected chi connectivity index (χ4v) is 3.20. The van der Waals surface area contributed by atoms with Crippen molar-refractivity contribution in [1.82, 2.24) is 20.5 Å². The van der Waals surface area contributed by atoms with Crippen LogP contribution >= 0.6 is 0 Å². The largest absolute Gasteiger partial charge is 0.480 e.